The molecule has 6 nitrogen and oxygen atoms in total. The predicted octanol–water partition coefficient (Wildman–Crippen LogP) is 3.83. The number of thiazole rings is 1. The van der Waals surface area contributed by atoms with Crippen molar-refractivity contribution in [1.29, 1.82) is 0 Å². The Bertz CT molecular complexity index is 715. The fourth-order valence-corrected chi connectivity index (χ4v) is 2.99. The third kappa shape index (κ3) is 3.20. The number of nitro benzene ring substituents is 1. The first kappa shape index (κ1) is 15.4. The number of nitro groups is 1. The molecular formula is C13H12ClN3O3S. The van der Waals surface area contributed by atoms with Gasteiger partial charge in [-0.05, 0) is 19.4 Å². The summed E-state index contributed by atoms with van der Waals surface area (Å²) in [4.78, 5) is 27.7. The molecule has 0 atom stereocenters. The number of nitrogens with one attached hydrogen (secondary N) is 1. The summed E-state index contributed by atoms with van der Waals surface area (Å²) < 4.78 is 0. The number of rotatable bonds is 4. The standard InChI is InChI=1S/C13H12ClN3O3S/c1-3-9-7(2)21-13(15-9)16-12(18)8-5-4-6-10(11(8)14)17(19)20/h4-6H,3H2,1-2H3,(H,15,16,18). The molecule has 110 valence electrons. The van der Waals surface area contributed by atoms with Gasteiger partial charge in [0.05, 0.1) is 16.2 Å². The van der Waals surface area contributed by atoms with E-state index in [1.165, 1.54) is 29.5 Å². The van der Waals surface area contributed by atoms with E-state index in [4.69, 9.17) is 11.6 Å². The van der Waals surface area contributed by atoms with Crippen LogP contribution in [0.25, 0.3) is 0 Å². The average Bonchev–Trinajstić information content (AvgIpc) is 2.78. The highest BCUT2D eigenvalue weighted by molar-refractivity contribution is 7.15. The molecule has 0 spiro atoms. The monoisotopic (exact) mass is 325 g/mol. The number of anilines is 1. The van der Waals surface area contributed by atoms with E-state index in [-0.39, 0.29) is 16.3 Å². The average molecular weight is 326 g/mol. The molecule has 1 aromatic heterocycles. The number of halogens is 1. The van der Waals surface area contributed by atoms with Gasteiger partial charge >= 0.3 is 0 Å². The zero-order chi connectivity index (χ0) is 15.6. The molecule has 0 unspecified atom stereocenters. The van der Waals surface area contributed by atoms with Gasteiger partial charge in [0.2, 0.25) is 0 Å². The minimum Gasteiger partial charge on any atom is -0.298 e. The van der Waals surface area contributed by atoms with Crippen molar-refractivity contribution >= 4 is 39.7 Å². The number of amides is 1. The molecular weight excluding hydrogens is 314 g/mol. The lowest BCUT2D eigenvalue weighted by Crippen LogP contribution is -2.13. The largest absolute Gasteiger partial charge is 0.298 e. The van der Waals surface area contributed by atoms with E-state index in [2.05, 4.69) is 10.3 Å². The number of hydrogen-bond donors (Lipinski definition) is 1. The lowest BCUT2D eigenvalue weighted by Gasteiger charge is -2.04. The van der Waals surface area contributed by atoms with Crippen molar-refractivity contribution in [3.05, 3.63) is 49.5 Å². The topological polar surface area (TPSA) is 85.1 Å². The molecule has 2 aromatic rings. The van der Waals surface area contributed by atoms with Gasteiger partial charge < -0.3 is 0 Å². The van der Waals surface area contributed by atoms with Crippen LogP contribution in [0.5, 0.6) is 0 Å². The molecule has 21 heavy (non-hydrogen) atoms. The van der Waals surface area contributed by atoms with Crippen LogP contribution in [0.2, 0.25) is 5.02 Å². The Kier molecular flexibility index (Phi) is 4.54. The molecule has 0 aliphatic carbocycles. The highest BCUT2D eigenvalue weighted by Crippen LogP contribution is 2.29. The lowest BCUT2D eigenvalue weighted by molar-refractivity contribution is -0.384. The second-order valence-corrected chi connectivity index (χ2v) is 5.81. The summed E-state index contributed by atoms with van der Waals surface area (Å²) in [6, 6.07) is 4.11. The third-order valence-corrected chi connectivity index (χ3v) is 4.19. The maximum absolute atomic E-state index is 12.2. The van der Waals surface area contributed by atoms with Crippen LogP contribution >= 0.6 is 22.9 Å². The molecule has 0 radical (unpaired) electrons. The van der Waals surface area contributed by atoms with Crippen molar-refractivity contribution in [2.24, 2.45) is 0 Å². The van der Waals surface area contributed by atoms with E-state index in [1.54, 1.807) is 0 Å². The summed E-state index contributed by atoms with van der Waals surface area (Å²) >= 11 is 7.27. The van der Waals surface area contributed by atoms with Crippen molar-refractivity contribution in [1.82, 2.24) is 4.98 Å². The molecule has 0 saturated carbocycles. The zero-order valence-corrected chi connectivity index (χ0v) is 12.9. The third-order valence-electron chi connectivity index (χ3n) is 2.87. The molecule has 1 heterocycles. The molecule has 1 N–H and O–H groups in total. The zero-order valence-electron chi connectivity index (χ0n) is 11.3. The molecule has 8 heteroatoms. The van der Waals surface area contributed by atoms with Crippen LogP contribution in [0.1, 0.15) is 27.9 Å². The molecule has 1 amide bonds. The van der Waals surface area contributed by atoms with Gasteiger partial charge in [-0.1, -0.05) is 24.6 Å². The first-order valence-corrected chi connectivity index (χ1v) is 7.34. The molecule has 1 aromatic carbocycles. The van der Waals surface area contributed by atoms with Crippen molar-refractivity contribution in [2.45, 2.75) is 20.3 Å². The van der Waals surface area contributed by atoms with E-state index in [9.17, 15) is 14.9 Å². The summed E-state index contributed by atoms with van der Waals surface area (Å²) in [7, 11) is 0. The fourth-order valence-electron chi connectivity index (χ4n) is 1.81. The fraction of sp³-hybridized carbons (Fsp3) is 0.231. The smallest absolute Gasteiger partial charge is 0.288 e. The van der Waals surface area contributed by atoms with E-state index in [0.29, 0.717) is 5.13 Å². The molecule has 0 aliphatic heterocycles. The molecule has 2 rings (SSSR count). The number of hydrogen-bond acceptors (Lipinski definition) is 5. The minimum atomic E-state index is -0.623. The van der Waals surface area contributed by atoms with Crippen LogP contribution in [0, 0.1) is 17.0 Å². The minimum absolute atomic E-state index is 0.0526. The van der Waals surface area contributed by atoms with E-state index in [0.717, 1.165) is 17.0 Å². The number of aryl methyl sites for hydroxylation is 2. The number of benzene rings is 1. The second kappa shape index (κ2) is 6.19. The van der Waals surface area contributed by atoms with Crippen LogP contribution in [0.3, 0.4) is 0 Å². The SMILES string of the molecule is CCc1nc(NC(=O)c2cccc([N+](=O)[O-])c2Cl)sc1C. The Balaban J connectivity index is 2.28. The van der Waals surface area contributed by atoms with Gasteiger partial charge in [0.25, 0.3) is 11.6 Å². The van der Waals surface area contributed by atoms with Crippen LogP contribution in [-0.2, 0) is 6.42 Å². The number of aromatic nitrogens is 1. The molecule has 0 aliphatic rings. The number of carbonyl (C=O) groups excluding carboxylic acids is 1. The number of carbonyl (C=O) groups is 1. The summed E-state index contributed by atoms with van der Waals surface area (Å²) in [5.41, 5.74) is 0.672. The first-order valence-electron chi connectivity index (χ1n) is 6.14. The van der Waals surface area contributed by atoms with Gasteiger partial charge in [-0.2, -0.15) is 0 Å². The van der Waals surface area contributed by atoms with Crippen molar-refractivity contribution in [3.63, 3.8) is 0 Å². The van der Waals surface area contributed by atoms with Crippen LogP contribution in [0.4, 0.5) is 10.8 Å². The Labute approximate surface area is 129 Å². The summed E-state index contributed by atoms with van der Waals surface area (Å²) in [5, 5.41) is 13.7. The highest BCUT2D eigenvalue weighted by Gasteiger charge is 2.20. The van der Waals surface area contributed by atoms with Gasteiger partial charge in [-0.3, -0.25) is 20.2 Å². The van der Waals surface area contributed by atoms with Gasteiger partial charge in [0.1, 0.15) is 5.02 Å². The van der Waals surface area contributed by atoms with E-state index < -0.39 is 10.8 Å². The summed E-state index contributed by atoms with van der Waals surface area (Å²) in [5.74, 6) is -0.514. The van der Waals surface area contributed by atoms with Crippen molar-refractivity contribution in [3.8, 4) is 0 Å². The van der Waals surface area contributed by atoms with Gasteiger partial charge in [0, 0.05) is 10.9 Å². The Morgan fingerprint density at radius 3 is 2.81 bits per heavy atom. The van der Waals surface area contributed by atoms with Crippen molar-refractivity contribution in [2.75, 3.05) is 5.32 Å². The van der Waals surface area contributed by atoms with Crippen LogP contribution in [0.15, 0.2) is 18.2 Å². The Morgan fingerprint density at radius 1 is 1.52 bits per heavy atom. The Morgan fingerprint density at radius 2 is 2.24 bits per heavy atom. The molecule has 0 bridgehead atoms. The first-order chi connectivity index (χ1) is 9.93. The van der Waals surface area contributed by atoms with Crippen LogP contribution < -0.4 is 5.32 Å². The molecule has 0 fully saturated rings. The number of nitrogens with zero attached hydrogens (tertiary/aromatic N) is 2. The Hall–Kier alpha value is -1.99. The summed E-state index contributed by atoms with van der Waals surface area (Å²) in [6.07, 6.45) is 0.774. The van der Waals surface area contributed by atoms with Gasteiger partial charge in [0.15, 0.2) is 5.13 Å². The maximum atomic E-state index is 12.2. The normalized spacial score (nSPS) is 10.4. The quantitative estimate of drug-likeness (QED) is 0.683. The van der Waals surface area contributed by atoms with E-state index >= 15 is 0 Å². The van der Waals surface area contributed by atoms with Crippen molar-refractivity contribution < 1.29 is 9.72 Å². The van der Waals surface area contributed by atoms with Crippen LogP contribution in [-0.4, -0.2) is 15.8 Å². The highest BCUT2D eigenvalue weighted by atomic mass is 35.5. The lowest BCUT2D eigenvalue weighted by atomic mass is 10.2. The predicted molar refractivity (Wildman–Crippen MR) is 82.3 cm³/mol. The van der Waals surface area contributed by atoms with Gasteiger partial charge in [-0.15, -0.1) is 11.3 Å². The molecule has 0 saturated heterocycles. The van der Waals surface area contributed by atoms with E-state index in [1.807, 2.05) is 13.8 Å². The maximum Gasteiger partial charge on any atom is 0.288 e. The summed E-state index contributed by atoms with van der Waals surface area (Å²) in [6.45, 7) is 3.90. The van der Waals surface area contributed by atoms with Gasteiger partial charge in [-0.25, -0.2) is 4.98 Å². The second-order valence-electron chi connectivity index (χ2n) is 4.23.